The van der Waals surface area contributed by atoms with Crippen molar-refractivity contribution < 1.29 is 14.3 Å². The van der Waals surface area contributed by atoms with Crippen molar-refractivity contribution in [3.05, 3.63) is 35.4 Å². The van der Waals surface area contributed by atoms with Crippen molar-refractivity contribution in [2.24, 2.45) is 4.99 Å². The molecule has 1 heterocycles. The quantitative estimate of drug-likeness (QED) is 0.290. The zero-order valence-electron chi connectivity index (χ0n) is 19.7. The number of amides is 2. The first-order valence-electron chi connectivity index (χ1n) is 11.4. The molecule has 0 radical (unpaired) electrons. The molecule has 0 bridgehead atoms. The molecule has 0 aliphatic carbocycles. The number of benzene rings is 1. The third-order valence-electron chi connectivity index (χ3n) is 5.38. The molecule has 1 aliphatic rings. The molecule has 2 rings (SSSR count). The molecule has 1 aromatic carbocycles. The average molecular weight is 559 g/mol. The number of hydrogen-bond donors (Lipinski definition) is 2. The van der Waals surface area contributed by atoms with E-state index in [1.807, 2.05) is 56.9 Å². The van der Waals surface area contributed by atoms with Gasteiger partial charge in [0.25, 0.3) is 5.91 Å². The SMILES string of the molecule is CCNC(=NCc1ccc(C(=O)N(CC)CC)cc1)NC1CCN(C(=O)OCC)CC1.I. The van der Waals surface area contributed by atoms with E-state index in [9.17, 15) is 9.59 Å². The predicted molar refractivity (Wildman–Crippen MR) is 139 cm³/mol. The molecule has 0 aromatic heterocycles. The third-order valence-corrected chi connectivity index (χ3v) is 5.38. The Balaban J connectivity index is 0.00000512. The number of halogens is 1. The normalized spacial score (nSPS) is 14.4. The highest BCUT2D eigenvalue weighted by atomic mass is 127. The van der Waals surface area contributed by atoms with Crippen LogP contribution < -0.4 is 10.6 Å². The minimum absolute atomic E-state index is 0. The van der Waals surface area contributed by atoms with Gasteiger partial charge >= 0.3 is 6.09 Å². The minimum atomic E-state index is -0.232. The number of rotatable bonds is 8. The second-order valence-corrected chi connectivity index (χ2v) is 7.47. The standard InChI is InChI=1S/C23H37N5O3.HI/c1-5-24-22(26-20-13-15-28(16-14-20)23(30)31-8-4)25-17-18-9-11-19(12-10-18)21(29)27(6-2)7-3;/h9-12,20H,5-8,13-17H2,1-4H3,(H2,24,25,26);1H. The van der Waals surface area contributed by atoms with Crippen molar-refractivity contribution in [2.75, 3.05) is 39.3 Å². The summed E-state index contributed by atoms with van der Waals surface area (Å²) >= 11 is 0. The first-order valence-corrected chi connectivity index (χ1v) is 11.4. The van der Waals surface area contributed by atoms with Gasteiger partial charge in [-0.2, -0.15) is 0 Å². The van der Waals surface area contributed by atoms with Crippen LogP contribution in [0.15, 0.2) is 29.3 Å². The largest absolute Gasteiger partial charge is 0.450 e. The second-order valence-electron chi connectivity index (χ2n) is 7.47. The summed E-state index contributed by atoms with van der Waals surface area (Å²) in [6, 6.07) is 7.93. The summed E-state index contributed by atoms with van der Waals surface area (Å²) in [7, 11) is 0. The van der Waals surface area contributed by atoms with Crippen molar-refractivity contribution in [3.8, 4) is 0 Å². The molecule has 1 fully saturated rings. The van der Waals surface area contributed by atoms with Crippen LogP contribution in [0, 0.1) is 0 Å². The Hall–Kier alpha value is -2.04. The highest BCUT2D eigenvalue weighted by Crippen LogP contribution is 2.12. The van der Waals surface area contributed by atoms with Crippen molar-refractivity contribution in [1.29, 1.82) is 0 Å². The molecule has 2 amide bonds. The fraction of sp³-hybridized carbons (Fsp3) is 0.609. The highest BCUT2D eigenvalue weighted by Gasteiger charge is 2.24. The van der Waals surface area contributed by atoms with E-state index >= 15 is 0 Å². The van der Waals surface area contributed by atoms with Gasteiger partial charge in [0.1, 0.15) is 0 Å². The molecular formula is C23H38IN5O3. The zero-order chi connectivity index (χ0) is 22.6. The number of aliphatic imine (C=N–C) groups is 1. The van der Waals surface area contributed by atoms with Crippen LogP contribution in [-0.4, -0.2) is 73.1 Å². The van der Waals surface area contributed by atoms with E-state index in [0.717, 1.165) is 30.9 Å². The maximum atomic E-state index is 12.4. The molecule has 180 valence electrons. The van der Waals surface area contributed by atoms with E-state index in [1.54, 1.807) is 4.90 Å². The molecule has 1 aromatic rings. The molecule has 1 saturated heterocycles. The van der Waals surface area contributed by atoms with Crippen LogP contribution in [0.5, 0.6) is 0 Å². The Labute approximate surface area is 209 Å². The summed E-state index contributed by atoms with van der Waals surface area (Å²) in [5.74, 6) is 0.824. The summed E-state index contributed by atoms with van der Waals surface area (Å²) in [6.45, 7) is 12.3. The fourth-order valence-corrected chi connectivity index (χ4v) is 3.55. The van der Waals surface area contributed by atoms with Crippen molar-refractivity contribution >= 4 is 41.9 Å². The molecule has 0 spiro atoms. The van der Waals surface area contributed by atoms with Crippen molar-refractivity contribution in [1.82, 2.24) is 20.4 Å². The fourth-order valence-electron chi connectivity index (χ4n) is 3.55. The number of piperidine rings is 1. The van der Waals surface area contributed by atoms with Gasteiger partial charge in [0, 0.05) is 44.3 Å². The summed E-state index contributed by atoms with van der Waals surface area (Å²) in [5.41, 5.74) is 1.75. The van der Waals surface area contributed by atoms with Crippen LogP contribution in [0.25, 0.3) is 0 Å². The number of ether oxygens (including phenoxy) is 1. The number of guanidine groups is 1. The van der Waals surface area contributed by atoms with Gasteiger partial charge in [-0.1, -0.05) is 12.1 Å². The summed E-state index contributed by atoms with van der Waals surface area (Å²) in [4.78, 5) is 32.6. The van der Waals surface area contributed by atoms with Crippen LogP contribution in [0.2, 0.25) is 0 Å². The maximum Gasteiger partial charge on any atom is 0.409 e. The number of carbonyl (C=O) groups is 2. The Morgan fingerprint density at radius 1 is 1.09 bits per heavy atom. The Morgan fingerprint density at radius 3 is 2.25 bits per heavy atom. The molecule has 0 saturated carbocycles. The lowest BCUT2D eigenvalue weighted by Crippen LogP contribution is -2.49. The van der Waals surface area contributed by atoms with Crippen LogP contribution in [0.4, 0.5) is 4.79 Å². The van der Waals surface area contributed by atoms with Gasteiger partial charge in [-0.05, 0) is 58.2 Å². The van der Waals surface area contributed by atoms with E-state index in [2.05, 4.69) is 10.6 Å². The molecular weight excluding hydrogens is 521 g/mol. The summed E-state index contributed by atoms with van der Waals surface area (Å²) in [6.07, 6.45) is 1.47. The smallest absolute Gasteiger partial charge is 0.409 e. The van der Waals surface area contributed by atoms with Gasteiger partial charge in [0.05, 0.1) is 13.2 Å². The lowest BCUT2D eigenvalue weighted by Gasteiger charge is -2.32. The van der Waals surface area contributed by atoms with Crippen LogP contribution in [0.1, 0.15) is 56.5 Å². The molecule has 0 unspecified atom stereocenters. The predicted octanol–water partition coefficient (Wildman–Crippen LogP) is 3.46. The molecule has 1 aliphatic heterocycles. The molecule has 0 atom stereocenters. The first kappa shape index (κ1) is 28.0. The number of hydrogen-bond acceptors (Lipinski definition) is 4. The maximum absolute atomic E-state index is 12.4. The number of carbonyl (C=O) groups excluding carboxylic acids is 2. The Bertz CT molecular complexity index is 730. The molecule has 9 heteroatoms. The number of likely N-dealkylation sites (tertiary alicyclic amines) is 1. The monoisotopic (exact) mass is 559 g/mol. The topological polar surface area (TPSA) is 86.3 Å². The highest BCUT2D eigenvalue weighted by molar-refractivity contribution is 14.0. The number of nitrogens with zero attached hydrogens (tertiary/aromatic N) is 3. The van der Waals surface area contributed by atoms with E-state index in [1.165, 1.54) is 0 Å². The van der Waals surface area contributed by atoms with E-state index in [4.69, 9.17) is 9.73 Å². The van der Waals surface area contributed by atoms with Gasteiger partial charge in [-0.3, -0.25) is 4.79 Å². The lowest BCUT2D eigenvalue weighted by atomic mass is 10.1. The first-order chi connectivity index (χ1) is 15.0. The van der Waals surface area contributed by atoms with Crippen LogP contribution in [0.3, 0.4) is 0 Å². The average Bonchev–Trinajstić information content (AvgIpc) is 2.79. The van der Waals surface area contributed by atoms with Gasteiger partial charge in [-0.25, -0.2) is 9.79 Å². The van der Waals surface area contributed by atoms with E-state index in [-0.39, 0.29) is 42.0 Å². The van der Waals surface area contributed by atoms with Gasteiger partial charge < -0.3 is 25.2 Å². The van der Waals surface area contributed by atoms with Gasteiger partial charge in [-0.15, -0.1) is 24.0 Å². The lowest BCUT2D eigenvalue weighted by molar-refractivity contribution is 0.0772. The second kappa shape index (κ2) is 14.9. The van der Waals surface area contributed by atoms with Gasteiger partial charge in [0.15, 0.2) is 5.96 Å². The summed E-state index contributed by atoms with van der Waals surface area (Å²) in [5, 5.41) is 6.76. The zero-order valence-corrected chi connectivity index (χ0v) is 22.1. The van der Waals surface area contributed by atoms with Crippen molar-refractivity contribution in [3.63, 3.8) is 0 Å². The molecule has 2 N–H and O–H groups in total. The van der Waals surface area contributed by atoms with E-state index < -0.39 is 0 Å². The van der Waals surface area contributed by atoms with Crippen LogP contribution in [-0.2, 0) is 11.3 Å². The number of nitrogens with one attached hydrogen (secondary N) is 2. The summed E-state index contributed by atoms with van der Waals surface area (Å²) < 4.78 is 5.08. The van der Waals surface area contributed by atoms with E-state index in [0.29, 0.717) is 44.9 Å². The minimum Gasteiger partial charge on any atom is -0.450 e. The Kier molecular flexibility index (Phi) is 13.0. The molecule has 8 nitrogen and oxygen atoms in total. The third kappa shape index (κ3) is 8.48. The van der Waals surface area contributed by atoms with Gasteiger partial charge in [0.2, 0.25) is 0 Å². The Morgan fingerprint density at radius 2 is 1.72 bits per heavy atom. The molecule has 32 heavy (non-hydrogen) atoms. The van der Waals surface area contributed by atoms with Crippen LogP contribution >= 0.6 is 24.0 Å². The van der Waals surface area contributed by atoms with Crippen molar-refractivity contribution in [2.45, 2.75) is 53.1 Å².